The molecule has 1 amide bonds. The summed E-state index contributed by atoms with van der Waals surface area (Å²) in [5, 5.41) is 3.59. The highest BCUT2D eigenvalue weighted by Gasteiger charge is 2.42. The molecule has 0 atom stereocenters. The van der Waals surface area contributed by atoms with E-state index in [2.05, 4.69) is 10.2 Å². The first-order valence-electron chi connectivity index (χ1n) is 13.5. The van der Waals surface area contributed by atoms with Crippen LogP contribution in [0.2, 0.25) is 0 Å². The second-order valence-corrected chi connectivity index (χ2v) is 11.4. The number of piperidine rings is 1. The van der Waals surface area contributed by atoms with Gasteiger partial charge in [-0.25, -0.2) is 0 Å². The summed E-state index contributed by atoms with van der Waals surface area (Å²) in [7, 11) is 1.72. The average molecular weight is 582 g/mol. The summed E-state index contributed by atoms with van der Waals surface area (Å²) in [5.41, 5.74) is -2.12. The van der Waals surface area contributed by atoms with E-state index in [1.807, 2.05) is 32.0 Å². The van der Waals surface area contributed by atoms with Crippen LogP contribution in [0.3, 0.4) is 0 Å². The van der Waals surface area contributed by atoms with E-state index < -0.39 is 35.4 Å². The van der Waals surface area contributed by atoms with Crippen LogP contribution in [0.25, 0.3) is 10.9 Å². The van der Waals surface area contributed by atoms with Crippen molar-refractivity contribution < 1.29 is 31.1 Å². The van der Waals surface area contributed by atoms with Crippen molar-refractivity contribution in [1.29, 1.82) is 0 Å². The molecule has 1 N–H and O–H groups in total. The van der Waals surface area contributed by atoms with Crippen molar-refractivity contribution in [1.82, 2.24) is 14.8 Å². The van der Waals surface area contributed by atoms with E-state index in [-0.39, 0.29) is 29.0 Å². The Morgan fingerprint density at radius 2 is 1.49 bits per heavy atom. The molecule has 5 nitrogen and oxygen atoms in total. The quantitative estimate of drug-likeness (QED) is 0.323. The maximum atomic E-state index is 13.5. The molecule has 0 spiro atoms. The lowest BCUT2D eigenvalue weighted by molar-refractivity contribution is -0.143. The Hall–Kier alpha value is -3.34. The van der Waals surface area contributed by atoms with Gasteiger partial charge < -0.3 is 9.88 Å². The highest BCUT2D eigenvalue weighted by molar-refractivity contribution is 5.83. The number of carbonyl (C=O) groups excluding carboxylic acids is 1. The van der Waals surface area contributed by atoms with Gasteiger partial charge in [-0.2, -0.15) is 26.3 Å². The standard InChI is InChI=1S/C30H33F6N3O2/c1-19(2)16-28(27(41)37-17-21-12-23(29(31,32)33)15-24(13-21)30(34,35)36)8-10-39(11-9-28)18-20-4-5-22-6-7-26(40)38(3)25(22)14-20/h4-7,12-15,19H,8-11,16-18H2,1-3H3,(H,37,41). The maximum absolute atomic E-state index is 13.5. The summed E-state index contributed by atoms with van der Waals surface area (Å²) in [5.74, 6) is -0.211. The molecule has 41 heavy (non-hydrogen) atoms. The van der Waals surface area contributed by atoms with Crippen molar-refractivity contribution >= 4 is 16.8 Å². The minimum absolute atomic E-state index is 0.0798. The van der Waals surface area contributed by atoms with E-state index in [1.165, 1.54) is 6.07 Å². The highest BCUT2D eigenvalue weighted by Crippen LogP contribution is 2.39. The molecule has 1 aliphatic heterocycles. The lowest BCUT2D eigenvalue weighted by Gasteiger charge is -2.41. The molecule has 0 aliphatic carbocycles. The number of rotatable bonds is 7. The topological polar surface area (TPSA) is 54.3 Å². The number of benzene rings is 2. The molecule has 2 aromatic carbocycles. The lowest BCUT2D eigenvalue weighted by atomic mass is 9.71. The number of hydrogen-bond acceptors (Lipinski definition) is 3. The summed E-state index contributed by atoms with van der Waals surface area (Å²) in [6.07, 6.45) is -8.36. The molecule has 4 rings (SSSR count). The monoisotopic (exact) mass is 581 g/mol. The molecular weight excluding hydrogens is 548 g/mol. The predicted octanol–water partition coefficient (Wildman–Crippen LogP) is 6.52. The Labute approximate surface area is 234 Å². The summed E-state index contributed by atoms with van der Waals surface area (Å²) in [4.78, 5) is 27.7. The van der Waals surface area contributed by atoms with E-state index in [0.717, 1.165) is 16.5 Å². The third-order valence-electron chi connectivity index (χ3n) is 7.79. The summed E-state index contributed by atoms with van der Waals surface area (Å²) in [6.45, 7) is 5.31. The number of nitrogens with one attached hydrogen (secondary N) is 1. The van der Waals surface area contributed by atoms with Gasteiger partial charge in [0.1, 0.15) is 0 Å². The lowest BCUT2D eigenvalue weighted by Crippen LogP contribution is -2.49. The normalized spacial score (nSPS) is 16.3. The molecule has 1 aromatic heterocycles. The Balaban J connectivity index is 1.47. The molecule has 3 aromatic rings. The zero-order chi connectivity index (χ0) is 30.2. The van der Waals surface area contributed by atoms with Crippen LogP contribution in [-0.2, 0) is 37.3 Å². The van der Waals surface area contributed by atoms with Crippen LogP contribution in [0.4, 0.5) is 26.3 Å². The van der Waals surface area contributed by atoms with Crippen LogP contribution >= 0.6 is 0 Å². The molecule has 0 bridgehead atoms. The average Bonchev–Trinajstić information content (AvgIpc) is 2.89. The third-order valence-corrected chi connectivity index (χ3v) is 7.79. The van der Waals surface area contributed by atoms with Crippen LogP contribution < -0.4 is 10.9 Å². The van der Waals surface area contributed by atoms with Gasteiger partial charge in [-0.15, -0.1) is 0 Å². The Morgan fingerprint density at radius 3 is 2.05 bits per heavy atom. The number of likely N-dealkylation sites (tertiary alicyclic amines) is 1. The van der Waals surface area contributed by atoms with Crippen molar-refractivity contribution in [3.8, 4) is 0 Å². The number of fused-ring (bicyclic) bond motifs is 1. The van der Waals surface area contributed by atoms with Gasteiger partial charge in [0.05, 0.1) is 22.1 Å². The minimum atomic E-state index is -4.95. The number of aryl methyl sites for hydroxylation is 1. The van der Waals surface area contributed by atoms with E-state index in [4.69, 9.17) is 0 Å². The number of hydrogen-bond donors (Lipinski definition) is 1. The van der Waals surface area contributed by atoms with Gasteiger partial charge in [-0.3, -0.25) is 14.5 Å². The summed E-state index contributed by atoms with van der Waals surface area (Å²) >= 11 is 0. The zero-order valence-electron chi connectivity index (χ0n) is 23.1. The van der Waals surface area contributed by atoms with Crippen molar-refractivity contribution in [2.24, 2.45) is 18.4 Å². The SMILES string of the molecule is CC(C)CC1(C(=O)NCc2cc(C(F)(F)F)cc(C(F)(F)F)c2)CCN(Cc2ccc3ccc(=O)n(C)c3c2)CC1. The second-order valence-electron chi connectivity index (χ2n) is 11.4. The summed E-state index contributed by atoms with van der Waals surface area (Å²) in [6, 6.07) is 10.6. The van der Waals surface area contributed by atoms with E-state index >= 15 is 0 Å². The molecule has 1 aliphatic rings. The van der Waals surface area contributed by atoms with Gasteiger partial charge in [0.15, 0.2) is 0 Å². The molecule has 2 heterocycles. The fraction of sp³-hybridized carbons (Fsp3) is 0.467. The maximum Gasteiger partial charge on any atom is 0.416 e. The van der Waals surface area contributed by atoms with Gasteiger partial charge in [0.2, 0.25) is 5.91 Å². The van der Waals surface area contributed by atoms with Crippen molar-refractivity contribution in [2.45, 2.75) is 58.6 Å². The fourth-order valence-corrected chi connectivity index (χ4v) is 5.70. The Kier molecular flexibility index (Phi) is 8.59. The zero-order valence-corrected chi connectivity index (χ0v) is 23.1. The van der Waals surface area contributed by atoms with Gasteiger partial charge in [0.25, 0.3) is 5.56 Å². The molecule has 0 unspecified atom stereocenters. The van der Waals surface area contributed by atoms with E-state index in [1.54, 1.807) is 17.7 Å². The molecule has 0 radical (unpaired) electrons. The first-order chi connectivity index (χ1) is 19.1. The summed E-state index contributed by atoms with van der Waals surface area (Å²) < 4.78 is 81.2. The fourth-order valence-electron chi connectivity index (χ4n) is 5.70. The van der Waals surface area contributed by atoms with Gasteiger partial charge in [0, 0.05) is 26.2 Å². The van der Waals surface area contributed by atoms with Crippen LogP contribution in [0.15, 0.2) is 53.3 Å². The van der Waals surface area contributed by atoms with Gasteiger partial charge >= 0.3 is 12.4 Å². The number of aromatic nitrogens is 1. The van der Waals surface area contributed by atoms with Gasteiger partial charge in [-0.1, -0.05) is 26.0 Å². The first-order valence-corrected chi connectivity index (χ1v) is 13.5. The first kappa shape index (κ1) is 30.6. The molecule has 0 saturated carbocycles. The molecule has 1 fully saturated rings. The molecule has 222 valence electrons. The van der Waals surface area contributed by atoms with Crippen LogP contribution in [0.1, 0.15) is 55.4 Å². The Bertz CT molecular complexity index is 1440. The van der Waals surface area contributed by atoms with Crippen molar-refractivity contribution in [3.05, 3.63) is 81.1 Å². The molecule has 11 heteroatoms. The van der Waals surface area contributed by atoms with Crippen molar-refractivity contribution in [2.75, 3.05) is 13.1 Å². The number of nitrogens with zero attached hydrogens (tertiary/aromatic N) is 2. The van der Waals surface area contributed by atoms with Crippen LogP contribution in [0, 0.1) is 11.3 Å². The largest absolute Gasteiger partial charge is 0.416 e. The predicted molar refractivity (Wildman–Crippen MR) is 144 cm³/mol. The minimum Gasteiger partial charge on any atom is -0.352 e. The van der Waals surface area contributed by atoms with E-state index in [9.17, 15) is 35.9 Å². The van der Waals surface area contributed by atoms with E-state index in [0.29, 0.717) is 51.0 Å². The number of amides is 1. The number of pyridine rings is 1. The van der Waals surface area contributed by atoms with Crippen molar-refractivity contribution in [3.63, 3.8) is 0 Å². The molecular formula is C30H33F6N3O2. The number of halogens is 6. The third kappa shape index (κ3) is 7.12. The van der Waals surface area contributed by atoms with Crippen LogP contribution in [0.5, 0.6) is 0 Å². The number of alkyl halides is 6. The molecule has 1 saturated heterocycles. The smallest absolute Gasteiger partial charge is 0.352 e. The van der Waals surface area contributed by atoms with Gasteiger partial charge in [-0.05, 0) is 85.1 Å². The Morgan fingerprint density at radius 1 is 0.902 bits per heavy atom. The van der Waals surface area contributed by atoms with Crippen LogP contribution in [-0.4, -0.2) is 28.5 Å². The second kappa shape index (κ2) is 11.5. The number of carbonyl (C=O) groups is 1. The highest BCUT2D eigenvalue weighted by atomic mass is 19.4.